The van der Waals surface area contributed by atoms with Crippen molar-refractivity contribution in [2.24, 2.45) is 0 Å². The number of nitrogens with one attached hydrogen (secondary N) is 3. The standard InChI is InChI=1S/C14H13N7/c1-2-16-14-19-12(11-8-17-21-13(11)20-14)18-10-5-3-4-9(6-10)7-15/h3-6,8H,2H2,1H3,(H3,16,17,18,19,20,21). The number of anilines is 3. The third kappa shape index (κ3) is 2.60. The van der Waals surface area contributed by atoms with Crippen LogP contribution in [0.3, 0.4) is 0 Å². The summed E-state index contributed by atoms with van der Waals surface area (Å²) >= 11 is 0. The van der Waals surface area contributed by atoms with Gasteiger partial charge < -0.3 is 10.6 Å². The summed E-state index contributed by atoms with van der Waals surface area (Å²) in [6.45, 7) is 2.70. The number of hydrogen-bond acceptors (Lipinski definition) is 6. The fourth-order valence-corrected chi connectivity index (χ4v) is 1.97. The highest BCUT2D eigenvalue weighted by molar-refractivity contribution is 5.89. The van der Waals surface area contributed by atoms with Crippen molar-refractivity contribution in [1.82, 2.24) is 20.2 Å². The number of aromatic nitrogens is 4. The Bertz CT molecular complexity index is 816. The second kappa shape index (κ2) is 5.46. The summed E-state index contributed by atoms with van der Waals surface area (Å²) in [5, 5.41) is 22.8. The van der Waals surface area contributed by atoms with E-state index in [-0.39, 0.29) is 0 Å². The van der Waals surface area contributed by atoms with Gasteiger partial charge in [0.15, 0.2) is 5.65 Å². The average molecular weight is 279 g/mol. The predicted octanol–water partition coefficient (Wildman–Crippen LogP) is 2.40. The topological polar surface area (TPSA) is 102 Å². The molecular formula is C14H13N7. The zero-order valence-electron chi connectivity index (χ0n) is 11.4. The Kier molecular flexibility index (Phi) is 3.35. The molecule has 21 heavy (non-hydrogen) atoms. The molecule has 0 saturated carbocycles. The van der Waals surface area contributed by atoms with E-state index in [9.17, 15) is 0 Å². The van der Waals surface area contributed by atoms with Gasteiger partial charge in [-0.05, 0) is 25.1 Å². The van der Waals surface area contributed by atoms with Crippen LogP contribution in [0.2, 0.25) is 0 Å². The Morgan fingerprint density at radius 3 is 3.05 bits per heavy atom. The molecular weight excluding hydrogens is 266 g/mol. The van der Waals surface area contributed by atoms with Crippen LogP contribution in [-0.4, -0.2) is 26.7 Å². The zero-order valence-corrected chi connectivity index (χ0v) is 11.4. The largest absolute Gasteiger partial charge is 0.354 e. The maximum atomic E-state index is 8.95. The molecule has 3 N–H and O–H groups in total. The molecule has 0 unspecified atom stereocenters. The molecule has 7 heteroatoms. The molecule has 7 nitrogen and oxygen atoms in total. The quantitative estimate of drug-likeness (QED) is 0.677. The Morgan fingerprint density at radius 2 is 2.24 bits per heavy atom. The van der Waals surface area contributed by atoms with E-state index in [0.29, 0.717) is 23.0 Å². The van der Waals surface area contributed by atoms with Crippen LogP contribution in [0.4, 0.5) is 17.5 Å². The van der Waals surface area contributed by atoms with Crippen molar-refractivity contribution in [2.45, 2.75) is 6.92 Å². The molecule has 0 atom stereocenters. The molecule has 0 bridgehead atoms. The van der Waals surface area contributed by atoms with Crippen LogP contribution in [0.1, 0.15) is 12.5 Å². The Balaban J connectivity index is 2.02. The lowest BCUT2D eigenvalue weighted by Crippen LogP contribution is -2.04. The molecule has 0 fully saturated rings. The van der Waals surface area contributed by atoms with Crippen molar-refractivity contribution >= 4 is 28.5 Å². The Hall–Kier alpha value is -3.14. The second-order valence-electron chi connectivity index (χ2n) is 4.38. The Labute approximate surface area is 121 Å². The van der Waals surface area contributed by atoms with Gasteiger partial charge in [0.2, 0.25) is 5.95 Å². The number of nitriles is 1. The minimum Gasteiger partial charge on any atom is -0.354 e. The van der Waals surface area contributed by atoms with E-state index < -0.39 is 0 Å². The molecule has 0 saturated heterocycles. The SMILES string of the molecule is CCNc1nc(Nc2cccc(C#N)c2)c2cn[nH]c2n1. The van der Waals surface area contributed by atoms with Gasteiger partial charge >= 0.3 is 0 Å². The lowest BCUT2D eigenvalue weighted by atomic mass is 10.2. The highest BCUT2D eigenvalue weighted by atomic mass is 15.2. The molecule has 0 radical (unpaired) electrons. The first-order valence-electron chi connectivity index (χ1n) is 6.52. The van der Waals surface area contributed by atoms with Gasteiger partial charge in [-0.2, -0.15) is 20.3 Å². The number of aromatic amines is 1. The van der Waals surface area contributed by atoms with E-state index >= 15 is 0 Å². The molecule has 0 spiro atoms. The highest BCUT2D eigenvalue weighted by Gasteiger charge is 2.09. The molecule has 3 rings (SSSR count). The van der Waals surface area contributed by atoms with Gasteiger partial charge in [-0.3, -0.25) is 5.10 Å². The van der Waals surface area contributed by atoms with Crippen LogP contribution >= 0.6 is 0 Å². The summed E-state index contributed by atoms with van der Waals surface area (Å²) < 4.78 is 0. The number of H-pyrrole nitrogens is 1. The van der Waals surface area contributed by atoms with E-state index in [2.05, 4.69) is 36.9 Å². The second-order valence-corrected chi connectivity index (χ2v) is 4.38. The first kappa shape index (κ1) is 12.9. The molecule has 2 heterocycles. The van der Waals surface area contributed by atoms with E-state index in [1.807, 2.05) is 19.1 Å². The third-order valence-corrected chi connectivity index (χ3v) is 2.90. The molecule has 0 aliphatic carbocycles. The van der Waals surface area contributed by atoms with Gasteiger partial charge in [-0.15, -0.1) is 0 Å². The fourth-order valence-electron chi connectivity index (χ4n) is 1.97. The van der Waals surface area contributed by atoms with Gasteiger partial charge in [-0.1, -0.05) is 6.07 Å². The maximum Gasteiger partial charge on any atom is 0.226 e. The van der Waals surface area contributed by atoms with Gasteiger partial charge in [0.25, 0.3) is 0 Å². The monoisotopic (exact) mass is 279 g/mol. The summed E-state index contributed by atoms with van der Waals surface area (Å²) in [4.78, 5) is 8.77. The molecule has 2 aromatic heterocycles. The van der Waals surface area contributed by atoms with Crippen LogP contribution < -0.4 is 10.6 Å². The summed E-state index contributed by atoms with van der Waals surface area (Å²) in [5.41, 5.74) is 2.03. The van der Waals surface area contributed by atoms with Gasteiger partial charge in [0, 0.05) is 12.2 Å². The third-order valence-electron chi connectivity index (χ3n) is 2.90. The van der Waals surface area contributed by atoms with Crippen LogP contribution in [0.5, 0.6) is 0 Å². The van der Waals surface area contributed by atoms with Gasteiger partial charge in [0.1, 0.15) is 5.82 Å². The summed E-state index contributed by atoms with van der Waals surface area (Å²) in [5.74, 6) is 1.16. The number of fused-ring (bicyclic) bond motifs is 1. The fraction of sp³-hybridized carbons (Fsp3) is 0.143. The minimum absolute atomic E-state index is 0.521. The molecule has 0 aliphatic rings. The minimum atomic E-state index is 0.521. The molecule has 3 aromatic rings. The van der Waals surface area contributed by atoms with Crippen LogP contribution in [0, 0.1) is 11.3 Å². The normalized spacial score (nSPS) is 10.3. The van der Waals surface area contributed by atoms with Gasteiger partial charge in [-0.25, -0.2) is 0 Å². The van der Waals surface area contributed by atoms with Crippen LogP contribution in [0.15, 0.2) is 30.5 Å². The molecule has 0 amide bonds. The first-order chi connectivity index (χ1) is 10.3. The summed E-state index contributed by atoms with van der Waals surface area (Å²) in [6, 6.07) is 9.33. The number of benzene rings is 1. The zero-order chi connectivity index (χ0) is 14.7. The van der Waals surface area contributed by atoms with Crippen molar-refractivity contribution in [1.29, 1.82) is 5.26 Å². The lowest BCUT2D eigenvalue weighted by Gasteiger charge is -2.09. The first-order valence-corrected chi connectivity index (χ1v) is 6.52. The van der Waals surface area contributed by atoms with Crippen molar-refractivity contribution in [3.05, 3.63) is 36.0 Å². The smallest absolute Gasteiger partial charge is 0.226 e. The Morgan fingerprint density at radius 1 is 1.33 bits per heavy atom. The van der Waals surface area contributed by atoms with Gasteiger partial charge in [0.05, 0.1) is 23.2 Å². The summed E-state index contributed by atoms with van der Waals surface area (Å²) in [7, 11) is 0. The van der Waals surface area contributed by atoms with Crippen LogP contribution in [0.25, 0.3) is 11.0 Å². The summed E-state index contributed by atoms with van der Waals surface area (Å²) in [6.07, 6.45) is 1.67. The van der Waals surface area contributed by atoms with E-state index in [0.717, 1.165) is 17.6 Å². The van der Waals surface area contributed by atoms with E-state index in [1.54, 1.807) is 18.3 Å². The van der Waals surface area contributed by atoms with Crippen molar-refractivity contribution in [3.63, 3.8) is 0 Å². The number of hydrogen-bond donors (Lipinski definition) is 3. The maximum absolute atomic E-state index is 8.95. The predicted molar refractivity (Wildman–Crippen MR) is 80.3 cm³/mol. The molecule has 1 aromatic carbocycles. The molecule has 0 aliphatic heterocycles. The van der Waals surface area contributed by atoms with Crippen molar-refractivity contribution < 1.29 is 0 Å². The van der Waals surface area contributed by atoms with Crippen molar-refractivity contribution in [3.8, 4) is 6.07 Å². The van der Waals surface area contributed by atoms with Crippen LogP contribution in [-0.2, 0) is 0 Å². The highest BCUT2D eigenvalue weighted by Crippen LogP contribution is 2.24. The lowest BCUT2D eigenvalue weighted by molar-refractivity contribution is 1.07. The van der Waals surface area contributed by atoms with E-state index in [4.69, 9.17) is 5.26 Å². The molecule has 104 valence electrons. The number of nitrogens with zero attached hydrogens (tertiary/aromatic N) is 4. The average Bonchev–Trinajstić information content (AvgIpc) is 2.96. The van der Waals surface area contributed by atoms with Crippen molar-refractivity contribution in [2.75, 3.05) is 17.2 Å². The number of rotatable bonds is 4. The van der Waals surface area contributed by atoms with E-state index in [1.165, 1.54) is 0 Å².